The van der Waals surface area contributed by atoms with E-state index in [2.05, 4.69) is 22.2 Å². The summed E-state index contributed by atoms with van der Waals surface area (Å²) in [6, 6.07) is 26.8. The van der Waals surface area contributed by atoms with E-state index in [9.17, 15) is 24.0 Å². The van der Waals surface area contributed by atoms with E-state index in [1.807, 2.05) is 91.0 Å². The van der Waals surface area contributed by atoms with Crippen LogP contribution in [0.25, 0.3) is 5.57 Å². The molecule has 0 aliphatic carbocycles. The van der Waals surface area contributed by atoms with Gasteiger partial charge in [0.1, 0.15) is 30.3 Å². The zero-order valence-electron chi connectivity index (χ0n) is 28.2. The number of carbonyl (C=O) groups excluding carboxylic acids is 5. The standard InChI is InChI=1S/C39H34N4O8S2/c1-2-21-49-31(44)19-18-28(29-24-53-38(40-29)42-39(48)50-23-25-12-6-3-7-13-25)34(45)41-32-35(46)43-30(20-22-52-36(32)43)37(47)51-33(26-14-8-4-9-15-26)27-16-10-5-11-17-27/h2-18,20,24,32-33,36H,1,19,21-23H2,(H,41,45)(H,40,42,48)/t32-,36+/m1/s1. The number of anilines is 1. The minimum absolute atomic E-state index is 0.00882. The summed E-state index contributed by atoms with van der Waals surface area (Å²) in [4.78, 5) is 71.5. The van der Waals surface area contributed by atoms with Crippen LogP contribution in [0.4, 0.5) is 9.93 Å². The molecule has 0 radical (unpaired) electrons. The monoisotopic (exact) mass is 750 g/mol. The van der Waals surface area contributed by atoms with Gasteiger partial charge >= 0.3 is 18.0 Å². The van der Waals surface area contributed by atoms with Gasteiger partial charge in [-0.05, 0) is 22.8 Å². The summed E-state index contributed by atoms with van der Waals surface area (Å²) in [6.45, 7) is 3.56. The van der Waals surface area contributed by atoms with Crippen molar-refractivity contribution in [2.45, 2.75) is 30.5 Å². The van der Waals surface area contributed by atoms with E-state index >= 15 is 0 Å². The van der Waals surface area contributed by atoms with E-state index in [0.717, 1.165) is 28.0 Å². The second kappa shape index (κ2) is 17.5. The Labute approximate surface area is 313 Å². The molecule has 14 heteroatoms. The maximum Gasteiger partial charge on any atom is 0.413 e. The normalized spacial score (nSPS) is 16.4. The van der Waals surface area contributed by atoms with Crippen LogP contribution in [-0.4, -0.2) is 63.5 Å². The van der Waals surface area contributed by atoms with Gasteiger partial charge < -0.3 is 19.5 Å². The molecule has 0 spiro atoms. The molecule has 2 aliphatic heterocycles. The predicted octanol–water partition coefficient (Wildman–Crippen LogP) is 6.01. The minimum atomic E-state index is -0.983. The van der Waals surface area contributed by atoms with Gasteiger partial charge in [0.25, 0.3) is 11.8 Å². The average molecular weight is 751 g/mol. The molecular weight excluding hydrogens is 717 g/mol. The summed E-state index contributed by atoms with van der Waals surface area (Å²) in [7, 11) is 0. The van der Waals surface area contributed by atoms with Crippen molar-refractivity contribution in [1.82, 2.24) is 15.2 Å². The van der Waals surface area contributed by atoms with Gasteiger partial charge in [-0.1, -0.05) is 110 Å². The third kappa shape index (κ3) is 9.09. The number of ether oxygens (including phenoxy) is 3. The van der Waals surface area contributed by atoms with Crippen LogP contribution in [0.5, 0.6) is 0 Å². The maximum absolute atomic E-state index is 13.8. The fraction of sp³-hybridized carbons (Fsp3) is 0.179. The second-order valence-corrected chi connectivity index (χ2v) is 13.6. The molecule has 3 aromatic carbocycles. The molecule has 0 unspecified atom stereocenters. The highest BCUT2D eigenvalue weighted by molar-refractivity contribution is 8.00. The van der Waals surface area contributed by atoms with Gasteiger partial charge in [0.05, 0.1) is 17.7 Å². The van der Waals surface area contributed by atoms with Crippen LogP contribution in [0.1, 0.15) is 34.9 Å². The molecule has 270 valence electrons. The van der Waals surface area contributed by atoms with E-state index in [-0.39, 0.29) is 41.7 Å². The number of fused-ring (bicyclic) bond motifs is 1. The Morgan fingerprint density at radius 1 is 0.943 bits per heavy atom. The van der Waals surface area contributed by atoms with E-state index in [1.165, 1.54) is 34.2 Å². The molecule has 1 aromatic heterocycles. The summed E-state index contributed by atoms with van der Waals surface area (Å²) in [6.07, 6.45) is 2.68. The first-order valence-electron chi connectivity index (χ1n) is 16.5. The fourth-order valence-electron chi connectivity index (χ4n) is 5.51. The highest BCUT2D eigenvalue weighted by Gasteiger charge is 2.53. The zero-order chi connectivity index (χ0) is 37.2. The summed E-state index contributed by atoms with van der Waals surface area (Å²) < 4.78 is 16.3. The highest BCUT2D eigenvalue weighted by Crippen LogP contribution is 2.39. The maximum atomic E-state index is 13.8. The van der Waals surface area contributed by atoms with Gasteiger partial charge in [0.15, 0.2) is 11.2 Å². The molecule has 0 saturated carbocycles. The Bertz CT molecular complexity index is 2000. The van der Waals surface area contributed by atoms with E-state index in [1.54, 1.807) is 6.08 Å². The largest absolute Gasteiger partial charge is 0.461 e. The lowest BCUT2D eigenvalue weighted by atomic mass is 10.0. The lowest BCUT2D eigenvalue weighted by Gasteiger charge is -2.48. The topological polar surface area (TPSA) is 153 Å². The van der Waals surface area contributed by atoms with Gasteiger partial charge in [0.2, 0.25) is 0 Å². The second-order valence-electron chi connectivity index (χ2n) is 11.6. The Hall–Kier alpha value is -5.99. The summed E-state index contributed by atoms with van der Waals surface area (Å²) >= 11 is 2.42. The van der Waals surface area contributed by atoms with Crippen molar-refractivity contribution in [3.8, 4) is 0 Å². The van der Waals surface area contributed by atoms with Crippen molar-refractivity contribution >= 4 is 63.6 Å². The number of rotatable bonds is 14. The highest BCUT2D eigenvalue weighted by atomic mass is 32.2. The van der Waals surface area contributed by atoms with Crippen molar-refractivity contribution in [3.05, 3.63) is 149 Å². The van der Waals surface area contributed by atoms with Crippen LogP contribution in [0.2, 0.25) is 0 Å². The Kier molecular flexibility index (Phi) is 12.1. The lowest BCUT2D eigenvalue weighted by molar-refractivity contribution is -0.154. The van der Waals surface area contributed by atoms with Crippen molar-refractivity contribution in [1.29, 1.82) is 0 Å². The number of carbonyl (C=O) groups is 5. The number of thiazole rings is 1. The smallest absolute Gasteiger partial charge is 0.413 e. The van der Waals surface area contributed by atoms with Gasteiger partial charge in [0, 0.05) is 11.1 Å². The SMILES string of the molecule is C=CCOC(=O)CC=C(C(=O)N[C@@H]1C(=O)N2C(C(=O)OC(c3ccccc3)c3ccccc3)=CCS[C@@H]12)c1csc(NC(=O)OCc2ccccc2)n1. The van der Waals surface area contributed by atoms with Crippen molar-refractivity contribution < 1.29 is 38.2 Å². The number of esters is 2. The number of benzene rings is 3. The van der Waals surface area contributed by atoms with Crippen LogP contribution in [0.15, 0.2) is 127 Å². The number of hydrogen-bond donors (Lipinski definition) is 2. The van der Waals surface area contributed by atoms with Crippen LogP contribution in [0.3, 0.4) is 0 Å². The van der Waals surface area contributed by atoms with Crippen molar-refractivity contribution in [2.24, 2.45) is 0 Å². The van der Waals surface area contributed by atoms with Crippen molar-refractivity contribution in [3.63, 3.8) is 0 Å². The van der Waals surface area contributed by atoms with Crippen LogP contribution in [-0.2, 0) is 40.0 Å². The van der Waals surface area contributed by atoms with E-state index < -0.39 is 47.4 Å². The van der Waals surface area contributed by atoms with Gasteiger partial charge in [-0.15, -0.1) is 23.1 Å². The van der Waals surface area contributed by atoms with Gasteiger partial charge in [-0.2, -0.15) is 0 Å². The van der Waals surface area contributed by atoms with E-state index in [0.29, 0.717) is 5.75 Å². The first kappa shape index (κ1) is 36.8. The molecule has 4 aromatic rings. The number of hydrogen-bond acceptors (Lipinski definition) is 11. The summed E-state index contributed by atoms with van der Waals surface area (Å²) in [5.41, 5.74) is 2.57. The molecule has 0 bridgehead atoms. The van der Waals surface area contributed by atoms with Crippen molar-refractivity contribution in [2.75, 3.05) is 17.7 Å². The molecule has 3 heterocycles. The summed E-state index contributed by atoms with van der Waals surface area (Å²) in [5.74, 6) is -2.07. The van der Waals surface area contributed by atoms with Crippen LogP contribution < -0.4 is 10.6 Å². The number of nitrogens with one attached hydrogen (secondary N) is 2. The molecule has 2 N–H and O–H groups in total. The number of aromatic nitrogens is 1. The minimum Gasteiger partial charge on any atom is -0.461 e. The number of amides is 3. The van der Waals surface area contributed by atoms with Crippen LogP contribution >= 0.6 is 23.1 Å². The fourth-order valence-corrected chi connectivity index (χ4v) is 7.40. The zero-order valence-corrected chi connectivity index (χ0v) is 29.8. The summed E-state index contributed by atoms with van der Waals surface area (Å²) in [5, 5.41) is 6.40. The first-order valence-corrected chi connectivity index (χ1v) is 18.4. The predicted molar refractivity (Wildman–Crippen MR) is 200 cm³/mol. The molecular formula is C39H34N4O8S2. The number of β-lactam (4-membered cyclic amide) rings is 1. The quantitative estimate of drug-likeness (QED) is 0.0515. The molecule has 53 heavy (non-hydrogen) atoms. The van der Waals surface area contributed by atoms with Gasteiger partial charge in [-0.3, -0.25) is 24.6 Å². The Morgan fingerprint density at radius 2 is 1.60 bits per heavy atom. The van der Waals surface area contributed by atoms with E-state index in [4.69, 9.17) is 14.2 Å². The molecule has 6 rings (SSSR count). The molecule has 2 atom stereocenters. The Morgan fingerprint density at radius 3 is 2.26 bits per heavy atom. The molecule has 3 amide bonds. The van der Waals surface area contributed by atoms with Crippen LogP contribution in [0, 0.1) is 0 Å². The molecule has 1 saturated heterocycles. The molecule has 12 nitrogen and oxygen atoms in total. The van der Waals surface area contributed by atoms with Gasteiger partial charge in [-0.25, -0.2) is 14.6 Å². The first-order chi connectivity index (χ1) is 25.8. The number of nitrogens with zero attached hydrogens (tertiary/aromatic N) is 2. The number of thioether (sulfide) groups is 1. The lowest BCUT2D eigenvalue weighted by Crippen LogP contribution is -2.70. The average Bonchev–Trinajstić information content (AvgIpc) is 3.65. The Balaban J connectivity index is 1.14. The third-order valence-electron chi connectivity index (χ3n) is 8.05. The third-order valence-corrected chi connectivity index (χ3v) is 9.99. The molecule has 2 aliphatic rings. The molecule has 1 fully saturated rings.